The Balaban J connectivity index is 0.000000405. The highest BCUT2D eigenvalue weighted by Crippen LogP contribution is 2.38. The highest BCUT2D eigenvalue weighted by molar-refractivity contribution is 6.34. The van der Waals surface area contributed by atoms with Crippen LogP contribution in [0.25, 0.3) is 0 Å². The largest absolute Gasteiger partial charge is 0.425 e. The summed E-state index contributed by atoms with van der Waals surface area (Å²) in [5.74, 6) is -2.62. The Morgan fingerprint density at radius 2 is 1.58 bits per heavy atom. The number of halogens is 5. The number of hydrogen-bond acceptors (Lipinski definition) is 4. The van der Waals surface area contributed by atoms with E-state index >= 15 is 0 Å². The van der Waals surface area contributed by atoms with Gasteiger partial charge in [0.05, 0.1) is 11.1 Å². The Kier molecular flexibility index (Phi) is 9.28. The topological polar surface area (TPSA) is 81.4 Å². The van der Waals surface area contributed by atoms with Crippen molar-refractivity contribution in [3.63, 3.8) is 0 Å². The number of hydrogen-bond donors (Lipinski definition) is 2. The molecule has 0 bridgehead atoms. The maximum absolute atomic E-state index is 13.1. The fraction of sp³-hybridized carbons (Fsp3) is 0.130. The van der Waals surface area contributed by atoms with Gasteiger partial charge in [-0.2, -0.15) is 13.2 Å². The maximum atomic E-state index is 13.1. The van der Waals surface area contributed by atoms with Crippen molar-refractivity contribution in [3.05, 3.63) is 93.5 Å². The van der Waals surface area contributed by atoms with Gasteiger partial charge in [-0.15, -0.1) is 0 Å². The van der Waals surface area contributed by atoms with Crippen LogP contribution in [0.15, 0.2) is 66.7 Å². The quantitative estimate of drug-likeness (QED) is 0.325. The van der Waals surface area contributed by atoms with Gasteiger partial charge in [0.15, 0.2) is 5.75 Å². The van der Waals surface area contributed by atoms with Gasteiger partial charge < -0.3 is 15.8 Å². The third-order valence-electron chi connectivity index (χ3n) is 4.02. The summed E-state index contributed by atoms with van der Waals surface area (Å²) in [4.78, 5) is 23.6. The monoisotopic (exact) mass is 498 g/mol. The molecule has 0 saturated heterocycles. The van der Waals surface area contributed by atoms with Crippen molar-refractivity contribution in [2.24, 2.45) is 5.73 Å². The number of ether oxygens (including phenoxy) is 1. The highest BCUT2D eigenvalue weighted by Gasteiger charge is 2.37. The van der Waals surface area contributed by atoms with Crippen LogP contribution in [0.1, 0.15) is 28.4 Å². The Bertz CT molecular complexity index is 1120. The van der Waals surface area contributed by atoms with Crippen molar-refractivity contribution in [1.29, 1.82) is 0 Å². The van der Waals surface area contributed by atoms with Crippen LogP contribution in [-0.2, 0) is 17.5 Å². The van der Waals surface area contributed by atoms with Crippen molar-refractivity contribution in [2.45, 2.75) is 19.6 Å². The summed E-state index contributed by atoms with van der Waals surface area (Å²) in [5, 5.41) is 3.83. The predicted molar refractivity (Wildman–Crippen MR) is 122 cm³/mol. The molecule has 0 heterocycles. The van der Waals surface area contributed by atoms with Gasteiger partial charge in [-0.3, -0.25) is 9.59 Å². The van der Waals surface area contributed by atoms with E-state index in [1.165, 1.54) is 0 Å². The molecular weight excluding hydrogens is 480 g/mol. The third-order valence-corrected chi connectivity index (χ3v) is 4.49. The van der Waals surface area contributed by atoms with E-state index in [4.69, 9.17) is 28.9 Å². The van der Waals surface area contributed by atoms with Crippen molar-refractivity contribution in [3.8, 4) is 5.75 Å². The minimum atomic E-state index is -4.78. The zero-order chi connectivity index (χ0) is 24.6. The van der Waals surface area contributed by atoms with Gasteiger partial charge in [0.2, 0.25) is 0 Å². The van der Waals surface area contributed by atoms with Crippen LogP contribution >= 0.6 is 23.2 Å². The molecule has 10 heteroatoms. The maximum Gasteiger partial charge on any atom is 0.420 e. The van der Waals surface area contributed by atoms with Gasteiger partial charge in [-0.05, 0) is 48.0 Å². The molecule has 3 aromatic rings. The third kappa shape index (κ3) is 8.09. The summed E-state index contributed by atoms with van der Waals surface area (Å²) in [6.45, 7) is 1.20. The number of esters is 1. The summed E-state index contributed by atoms with van der Waals surface area (Å²) >= 11 is 11.1. The first-order chi connectivity index (χ1) is 15.5. The fourth-order valence-electron chi connectivity index (χ4n) is 2.63. The number of anilines is 1. The molecule has 0 aromatic heterocycles. The molecule has 0 aliphatic carbocycles. The van der Waals surface area contributed by atoms with Crippen LogP contribution in [0.2, 0.25) is 10.0 Å². The molecule has 3 aromatic carbocycles. The summed E-state index contributed by atoms with van der Waals surface area (Å²) < 4.78 is 44.1. The molecular formula is C23H19Cl2F3N2O3. The second kappa shape index (κ2) is 11.7. The van der Waals surface area contributed by atoms with E-state index in [0.717, 1.165) is 30.7 Å². The van der Waals surface area contributed by atoms with Gasteiger partial charge >= 0.3 is 12.1 Å². The second-order valence-electron chi connectivity index (χ2n) is 6.57. The first-order valence-electron chi connectivity index (χ1n) is 9.41. The lowest BCUT2D eigenvalue weighted by Crippen LogP contribution is -2.18. The van der Waals surface area contributed by atoms with E-state index in [1.54, 1.807) is 42.5 Å². The molecule has 0 spiro atoms. The minimum absolute atomic E-state index is 0.242. The van der Waals surface area contributed by atoms with Crippen LogP contribution in [0, 0.1) is 0 Å². The number of alkyl halides is 3. The molecule has 0 radical (unpaired) electrons. The molecule has 3 N–H and O–H groups in total. The molecule has 3 rings (SSSR count). The zero-order valence-corrected chi connectivity index (χ0v) is 18.8. The number of nitrogens with two attached hydrogens (primary N) is 1. The zero-order valence-electron chi connectivity index (χ0n) is 17.2. The van der Waals surface area contributed by atoms with Gasteiger partial charge in [0, 0.05) is 29.2 Å². The molecule has 1 amide bonds. The molecule has 0 unspecified atom stereocenters. The minimum Gasteiger partial charge on any atom is -0.425 e. The SMILES string of the molecule is CC(=O)Oc1c(C(=O)Nc2cccc(CN)c2)cccc1C(F)(F)F.Clc1cccc(Cl)c1. The van der Waals surface area contributed by atoms with Crippen LogP contribution in [0.3, 0.4) is 0 Å². The van der Waals surface area contributed by atoms with Crippen molar-refractivity contribution in [2.75, 3.05) is 5.32 Å². The van der Waals surface area contributed by atoms with E-state index in [2.05, 4.69) is 10.1 Å². The number of benzene rings is 3. The van der Waals surface area contributed by atoms with Crippen LogP contribution in [0.4, 0.5) is 18.9 Å². The average molecular weight is 499 g/mol. The predicted octanol–water partition coefficient (Wildman–Crippen LogP) is 6.34. The number of carbonyl (C=O) groups excluding carboxylic acids is 2. The first-order valence-corrected chi connectivity index (χ1v) is 10.2. The van der Waals surface area contributed by atoms with E-state index in [-0.39, 0.29) is 6.54 Å². The lowest BCUT2D eigenvalue weighted by molar-refractivity contribution is -0.141. The number of nitrogens with one attached hydrogen (secondary N) is 1. The molecule has 0 atom stereocenters. The molecule has 33 heavy (non-hydrogen) atoms. The lowest BCUT2D eigenvalue weighted by Gasteiger charge is -2.16. The smallest absolute Gasteiger partial charge is 0.420 e. The van der Waals surface area contributed by atoms with Crippen molar-refractivity contribution >= 4 is 40.8 Å². The van der Waals surface area contributed by atoms with E-state index in [9.17, 15) is 22.8 Å². The fourth-order valence-corrected chi connectivity index (χ4v) is 3.06. The first kappa shape index (κ1) is 26.2. The normalized spacial score (nSPS) is 10.6. The molecule has 0 saturated carbocycles. The highest BCUT2D eigenvalue weighted by atomic mass is 35.5. The number of rotatable bonds is 4. The Morgan fingerprint density at radius 3 is 2.09 bits per heavy atom. The molecule has 0 aliphatic rings. The van der Waals surface area contributed by atoms with Crippen LogP contribution in [0.5, 0.6) is 5.75 Å². The molecule has 0 fully saturated rings. The van der Waals surface area contributed by atoms with Gasteiger partial charge in [0.25, 0.3) is 5.91 Å². The van der Waals surface area contributed by atoms with Crippen LogP contribution < -0.4 is 15.8 Å². The molecule has 5 nitrogen and oxygen atoms in total. The van der Waals surface area contributed by atoms with Crippen molar-refractivity contribution < 1.29 is 27.5 Å². The number of amides is 1. The van der Waals surface area contributed by atoms with Crippen LogP contribution in [-0.4, -0.2) is 11.9 Å². The molecule has 0 aliphatic heterocycles. The van der Waals surface area contributed by atoms with Gasteiger partial charge in [-0.1, -0.05) is 47.5 Å². The average Bonchev–Trinajstić information content (AvgIpc) is 2.73. The number of carbonyl (C=O) groups is 2. The lowest BCUT2D eigenvalue weighted by atomic mass is 10.1. The summed E-state index contributed by atoms with van der Waals surface area (Å²) in [6.07, 6.45) is -4.78. The van der Waals surface area contributed by atoms with E-state index in [0.29, 0.717) is 15.7 Å². The standard InChI is InChI=1S/C17H15F3N2O3.C6H4Cl2/c1-10(23)25-15-13(6-3-7-14(15)17(18,19)20)16(24)22-12-5-2-4-11(8-12)9-21;7-5-2-1-3-6(8)4-5/h2-8H,9,21H2,1H3,(H,22,24);1-4H. The van der Waals surface area contributed by atoms with E-state index < -0.39 is 34.9 Å². The van der Waals surface area contributed by atoms with Gasteiger partial charge in [-0.25, -0.2) is 0 Å². The Morgan fingerprint density at radius 1 is 0.970 bits per heavy atom. The van der Waals surface area contributed by atoms with E-state index in [1.807, 2.05) is 6.07 Å². The summed E-state index contributed by atoms with van der Waals surface area (Å²) in [5.41, 5.74) is 5.01. The Labute approximate surface area is 198 Å². The summed E-state index contributed by atoms with van der Waals surface area (Å²) in [6, 6.07) is 16.6. The van der Waals surface area contributed by atoms with Crippen molar-refractivity contribution in [1.82, 2.24) is 0 Å². The number of para-hydroxylation sites is 1. The Hall–Kier alpha value is -3.07. The van der Waals surface area contributed by atoms with Gasteiger partial charge in [0.1, 0.15) is 0 Å². The summed E-state index contributed by atoms with van der Waals surface area (Å²) in [7, 11) is 0. The second-order valence-corrected chi connectivity index (χ2v) is 7.45. The molecule has 174 valence electrons.